The maximum absolute atomic E-state index is 3.73. The van der Waals surface area contributed by atoms with E-state index in [1.165, 1.54) is 48.6 Å². The predicted molar refractivity (Wildman–Crippen MR) is 86.5 cm³/mol. The Balaban J connectivity index is 2.04. The summed E-state index contributed by atoms with van der Waals surface area (Å²) < 4.78 is 1.26. The largest absolute Gasteiger partial charge is 0.314 e. The van der Waals surface area contributed by atoms with Crippen molar-refractivity contribution in [2.24, 2.45) is 5.92 Å². The Morgan fingerprint density at radius 1 is 1.16 bits per heavy atom. The minimum atomic E-state index is 0.641. The van der Waals surface area contributed by atoms with E-state index < -0.39 is 0 Å². The van der Waals surface area contributed by atoms with Crippen LogP contribution in [-0.4, -0.2) is 12.6 Å². The standard InChI is InChI=1S/C17H26BrN/c1-2-19-17(14-9-5-3-4-6-10-14)13-15-11-7-8-12-16(15)18/h7-8,11-12,14,17,19H,2-6,9-10,13H2,1H3. The summed E-state index contributed by atoms with van der Waals surface area (Å²) in [6, 6.07) is 9.30. The third kappa shape index (κ3) is 4.61. The van der Waals surface area contributed by atoms with E-state index in [2.05, 4.69) is 52.4 Å². The van der Waals surface area contributed by atoms with E-state index in [9.17, 15) is 0 Å². The van der Waals surface area contributed by atoms with Crippen LogP contribution in [0.2, 0.25) is 0 Å². The van der Waals surface area contributed by atoms with E-state index in [-0.39, 0.29) is 0 Å². The number of rotatable bonds is 5. The molecular formula is C17H26BrN. The molecule has 0 aliphatic heterocycles. The lowest BCUT2D eigenvalue weighted by atomic mass is 9.87. The molecule has 1 aromatic rings. The van der Waals surface area contributed by atoms with Crippen LogP contribution in [0, 0.1) is 5.92 Å². The molecule has 1 aliphatic carbocycles. The summed E-state index contributed by atoms with van der Waals surface area (Å²) in [4.78, 5) is 0. The quantitative estimate of drug-likeness (QED) is 0.757. The summed E-state index contributed by atoms with van der Waals surface area (Å²) in [6.07, 6.45) is 9.67. The SMILES string of the molecule is CCNC(Cc1ccccc1Br)C1CCCCCC1. The topological polar surface area (TPSA) is 12.0 Å². The Morgan fingerprint density at radius 3 is 2.47 bits per heavy atom. The first kappa shape index (κ1) is 15.1. The van der Waals surface area contributed by atoms with Gasteiger partial charge in [-0.2, -0.15) is 0 Å². The fraction of sp³-hybridized carbons (Fsp3) is 0.647. The van der Waals surface area contributed by atoms with E-state index in [0.717, 1.165) is 18.9 Å². The van der Waals surface area contributed by atoms with Gasteiger partial charge in [0.2, 0.25) is 0 Å². The summed E-state index contributed by atoms with van der Waals surface area (Å²) in [5, 5.41) is 3.73. The lowest BCUT2D eigenvalue weighted by Crippen LogP contribution is -2.38. The van der Waals surface area contributed by atoms with Gasteiger partial charge in [-0.25, -0.2) is 0 Å². The molecule has 0 bridgehead atoms. The molecule has 0 radical (unpaired) electrons. The molecule has 0 spiro atoms. The zero-order chi connectivity index (χ0) is 13.5. The van der Waals surface area contributed by atoms with Crippen LogP contribution in [0.25, 0.3) is 0 Å². The second-order valence-corrected chi connectivity index (χ2v) is 6.57. The average Bonchev–Trinajstić information content (AvgIpc) is 2.69. The predicted octanol–water partition coefficient (Wildman–Crippen LogP) is 4.94. The second kappa shape index (κ2) is 8.06. The zero-order valence-electron chi connectivity index (χ0n) is 12.0. The van der Waals surface area contributed by atoms with Crippen LogP contribution in [0.5, 0.6) is 0 Å². The van der Waals surface area contributed by atoms with Crippen LogP contribution < -0.4 is 5.32 Å². The minimum Gasteiger partial charge on any atom is -0.314 e. The van der Waals surface area contributed by atoms with Gasteiger partial charge >= 0.3 is 0 Å². The molecule has 2 rings (SSSR count). The third-order valence-electron chi connectivity index (χ3n) is 4.33. The van der Waals surface area contributed by atoms with E-state index in [1.54, 1.807) is 0 Å². The van der Waals surface area contributed by atoms with Gasteiger partial charge < -0.3 is 5.32 Å². The molecule has 1 saturated carbocycles. The van der Waals surface area contributed by atoms with Crippen molar-refractivity contribution in [1.82, 2.24) is 5.32 Å². The fourth-order valence-electron chi connectivity index (χ4n) is 3.28. The van der Waals surface area contributed by atoms with Gasteiger partial charge in [0.1, 0.15) is 0 Å². The van der Waals surface area contributed by atoms with Crippen molar-refractivity contribution in [3.05, 3.63) is 34.3 Å². The fourth-order valence-corrected chi connectivity index (χ4v) is 3.73. The van der Waals surface area contributed by atoms with Crippen molar-refractivity contribution in [2.75, 3.05) is 6.54 Å². The first-order valence-electron chi connectivity index (χ1n) is 7.78. The number of nitrogens with one attached hydrogen (secondary N) is 1. The molecule has 1 atom stereocenters. The maximum Gasteiger partial charge on any atom is 0.0207 e. The highest BCUT2D eigenvalue weighted by Crippen LogP contribution is 2.28. The van der Waals surface area contributed by atoms with Gasteiger partial charge in [-0.05, 0) is 43.4 Å². The number of halogens is 1. The van der Waals surface area contributed by atoms with Crippen molar-refractivity contribution < 1.29 is 0 Å². The summed E-state index contributed by atoms with van der Waals surface area (Å²) in [5.74, 6) is 0.856. The van der Waals surface area contributed by atoms with Gasteiger partial charge in [-0.15, -0.1) is 0 Å². The lowest BCUT2D eigenvalue weighted by Gasteiger charge is -2.27. The Kier molecular flexibility index (Phi) is 6.39. The van der Waals surface area contributed by atoms with Gasteiger partial charge in [-0.1, -0.05) is 66.7 Å². The van der Waals surface area contributed by atoms with E-state index >= 15 is 0 Å². The van der Waals surface area contributed by atoms with Gasteiger partial charge in [0.05, 0.1) is 0 Å². The Hall–Kier alpha value is -0.340. The zero-order valence-corrected chi connectivity index (χ0v) is 13.6. The van der Waals surface area contributed by atoms with Crippen molar-refractivity contribution in [1.29, 1.82) is 0 Å². The Morgan fingerprint density at radius 2 is 1.84 bits per heavy atom. The van der Waals surface area contributed by atoms with E-state index in [0.29, 0.717) is 6.04 Å². The molecule has 19 heavy (non-hydrogen) atoms. The first-order valence-corrected chi connectivity index (χ1v) is 8.57. The highest BCUT2D eigenvalue weighted by Gasteiger charge is 2.22. The van der Waals surface area contributed by atoms with Gasteiger partial charge in [0.15, 0.2) is 0 Å². The molecule has 0 aromatic heterocycles. The third-order valence-corrected chi connectivity index (χ3v) is 5.11. The molecule has 1 N–H and O–H groups in total. The molecule has 0 amide bonds. The van der Waals surface area contributed by atoms with Gasteiger partial charge in [0, 0.05) is 10.5 Å². The van der Waals surface area contributed by atoms with Crippen molar-refractivity contribution in [3.8, 4) is 0 Å². The highest BCUT2D eigenvalue weighted by atomic mass is 79.9. The van der Waals surface area contributed by atoms with Gasteiger partial charge in [0.25, 0.3) is 0 Å². The monoisotopic (exact) mass is 323 g/mol. The molecule has 1 aromatic carbocycles. The summed E-state index contributed by atoms with van der Waals surface area (Å²) in [5.41, 5.74) is 1.44. The number of hydrogen-bond donors (Lipinski definition) is 1. The second-order valence-electron chi connectivity index (χ2n) is 5.71. The summed E-state index contributed by atoms with van der Waals surface area (Å²) in [7, 11) is 0. The van der Waals surface area contributed by atoms with Crippen molar-refractivity contribution in [3.63, 3.8) is 0 Å². The van der Waals surface area contributed by atoms with E-state index in [1.807, 2.05) is 0 Å². The van der Waals surface area contributed by atoms with E-state index in [4.69, 9.17) is 0 Å². The summed E-state index contributed by atoms with van der Waals surface area (Å²) >= 11 is 3.69. The Labute approximate surface area is 126 Å². The van der Waals surface area contributed by atoms with Crippen LogP contribution in [0.1, 0.15) is 51.0 Å². The molecule has 106 valence electrons. The molecule has 0 saturated heterocycles. The lowest BCUT2D eigenvalue weighted by molar-refractivity contribution is 0.321. The first-order chi connectivity index (χ1) is 9.31. The van der Waals surface area contributed by atoms with Crippen LogP contribution in [0.3, 0.4) is 0 Å². The minimum absolute atomic E-state index is 0.641. The Bertz CT molecular complexity index is 369. The molecule has 1 nitrogen and oxygen atoms in total. The van der Waals surface area contributed by atoms with Crippen molar-refractivity contribution in [2.45, 2.75) is 57.9 Å². The average molecular weight is 324 g/mol. The normalized spacial score (nSPS) is 19.1. The van der Waals surface area contributed by atoms with Crippen LogP contribution in [0.15, 0.2) is 28.7 Å². The maximum atomic E-state index is 3.73. The van der Waals surface area contributed by atoms with Crippen LogP contribution in [0.4, 0.5) is 0 Å². The molecule has 2 heteroatoms. The number of hydrogen-bond acceptors (Lipinski definition) is 1. The highest BCUT2D eigenvalue weighted by molar-refractivity contribution is 9.10. The molecule has 0 heterocycles. The van der Waals surface area contributed by atoms with Crippen molar-refractivity contribution >= 4 is 15.9 Å². The molecule has 1 unspecified atom stereocenters. The molecular weight excluding hydrogens is 298 g/mol. The smallest absolute Gasteiger partial charge is 0.0207 e. The number of likely N-dealkylation sites (N-methyl/N-ethyl adjacent to an activating group) is 1. The molecule has 1 aliphatic rings. The van der Waals surface area contributed by atoms with Crippen LogP contribution in [-0.2, 0) is 6.42 Å². The van der Waals surface area contributed by atoms with Gasteiger partial charge in [-0.3, -0.25) is 0 Å². The van der Waals surface area contributed by atoms with Crippen LogP contribution >= 0.6 is 15.9 Å². The summed E-state index contributed by atoms with van der Waals surface area (Å²) in [6.45, 7) is 3.30. The molecule has 1 fully saturated rings. The number of benzene rings is 1.